The Morgan fingerprint density at radius 1 is 0.975 bits per heavy atom. The predicted molar refractivity (Wildman–Crippen MR) is 153 cm³/mol. The molecule has 0 aromatic heterocycles. The molecular weight excluding hydrogens is 541 g/mol. The largest absolute Gasteiger partial charge is 0.573 e. The second kappa shape index (κ2) is 13.5. The van der Waals surface area contributed by atoms with Gasteiger partial charge in [-0.05, 0) is 98.1 Å². The Hall–Kier alpha value is -3.07. The Labute approximate surface area is 239 Å². The van der Waals surface area contributed by atoms with Crippen LogP contribution in [0.2, 0.25) is 5.02 Å². The summed E-state index contributed by atoms with van der Waals surface area (Å²) in [6, 6.07) is 15.9. The molecule has 0 fully saturated rings. The zero-order valence-electron chi connectivity index (χ0n) is 23.4. The van der Waals surface area contributed by atoms with E-state index < -0.39 is 18.4 Å². The highest BCUT2D eigenvalue weighted by molar-refractivity contribution is 6.30. The molecule has 0 saturated heterocycles. The first-order valence-corrected chi connectivity index (χ1v) is 13.6. The highest BCUT2D eigenvalue weighted by Gasteiger charge is 2.32. The summed E-state index contributed by atoms with van der Waals surface area (Å²) in [6.45, 7) is 10.3. The van der Waals surface area contributed by atoms with E-state index in [0.29, 0.717) is 34.7 Å². The third-order valence-electron chi connectivity index (χ3n) is 7.26. The number of carboxylic acids is 1. The Kier molecular flexibility index (Phi) is 10.6. The minimum atomic E-state index is -4.79. The fourth-order valence-corrected chi connectivity index (χ4v) is 5.50. The van der Waals surface area contributed by atoms with E-state index in [1.54, 1.807) is 19.2 Å². The van der Waals surface area contributed by atoms with Crippen molar-refractivity contribution in [3.8, 4) is 16.9 Å². The number of hydrogen-bond acceptors (Lipinski definition) is 4. The van der Waals surface area contributed by atoms with Crippen molar-refractivity contribution in [3.05, 3.63) is 87.9 Å². The number of benzene rings is 3. The summed E-state index contributed by atoms with van der Waals surface area (Å²) in [7, 11) is 1.79. The first-order valence-electron chi connectivity index (χ1n) is 13.2. The van der Waals surface area contributed by atoms with Gasteiger partial charge in [0.2, 0.25) is 0 Å². The van der Waals surface area contributed by atoms with Crippen molar-refractivity contribution in [2.75, 3.05) is 26.7 Å². The number of alkyl halides is 3. The fraction of sp³-hybridized carbons (Fsp3) is 0.387. The maximum Gasteiger partial charge on any atom is 0.573 e. The molecule has 3 aromatic rings. The molecule has 5 nitrogen and oxygen atoms in total. The van der Waals surface area contributed by atoms with Crippen molar-refractivity contribution in [1.29, 1.82) is 0 Å². The number of carboxylic acid groups (broad SMARTS) is 1. The van der Waals surface area contributed by atoms with E-state index in [1.165, 1.54) is 24.3 Å². The standard InChI is InChI=1S/C31H36ClF3N2O3/c1-6-37(7-2)27(26-19-23(32)14-11-20(26)3)17-18-36(5)29(30(38)39)25-10-8-9-21(4)28(25)22-12-15-24(16-13-22)40-31(33,34)35/h8-16,19,27,29H,6-7,17-18H2,1-5H3,(H,38,39)/t27-,29-/m0/s1. The molecule has 0 heterocycles. The zero-order valence-corrected chi connectivity index (χ0v) is 24.2. The molecule has 0 unspecified atom stereocenters. The average Bonchev–Trinajstić information content (AvgIpc) is 2.88. The predicted octanol–water partition coefficient (Wildman–Crippen LogP) is 8.05. The van der Waals surface area contributed by atoms with Gasteiger partial charge in [0.15, 0.2) is 0 Å². The summed E-state index contributed by atoms with van der Waals surface area (Å²) < 4.78 is 42.0. The maximum atomic E-state index is 12.7. The van der Waals surface area contributed by atoms with Gasteiger partial charge in [-0.25, -0.2) is 0 Å². The molecular formula is C31H36ClF3N2O3. The molecule has 9 heteroatoms. The van der Waals surface area contributed by atoms with Gasteiger partial charge in [0.25, 0.3) is 0 Å². The van der Waals surface area contributed by atoms with Crippen LogP contribution in [0.1, 0.15) is 54.6 Å². The van der Waals surface area contributed by atoms with Gasteiger partial charge < -0.3 is 9.84 Å². The minimum Gasteiger partial charge on any atom is -0.480 e. The van der Waals surface area contributed by atoms with Crippen LogP contribution >= 0.6 is 11.6 Å². The van der Waals surface area contributed by atoms with Crippen molar-refractivity contribution >= 4 is 17.6 Å². The van der Waals surface area contributed by atoms with Crippen molar-refractivity contribution < 1.29 is 27.8 Å². The highest BCUT2D eigenvalue weighted by Crippen LogP contribution is 2.36. The second-order valence-electron chi connectivity index (χ2n) is 9.86. The number of hydrogen-bond donors (Lipinski definition) is 1. The number of aryl methyl sites for hydroxylation is 2. The molecule has 1 N–H and O–H groups in total. The molecule has 40 heavy (non-hydrogen) atoms. The van der Waals surface area contributed by atoms with Crippen molar-refractivity contribution in [3.63, 3.8) is 0 Å². The Morgan fingerprint density at radius 2 is 1.62 bits per heavy atom. The van der Waals surface area contributed by atoms with Gasteiger partial charge in [-0.2, -0.15) is 0 Å². The number of nitrogens with zero attached hydrogens (tertiary/aromatic N) is 2. The van der Waals surface area contributed by atoms with Crippen LogP contribution in [0.25, 0.3) is 11.1 Å². The van der Waals surface area contributed by atoms with E-state index in [0.717, 1.165) is 29.8 Å². The molecule has 0 aliphatic heterocycles. The third-order valence-corrected chi connectivity index (χ3v) is 7.49. The molecule has 216 valence electrons. The Balaban J connectivity index is 1.95. The van der Waals surface area contributed by atoms with Crippen LogP contribution in [0.4, 0.5) is 13.2 Å². The minimum absolute atomic E-state index is 0.0451. The molecule has 0 bridgehead atoms. The zero-order chi connectivity index (χ0) is 29.6. The van der Waals surface area contributed by atoms with Crippen LogP contribution in [0.3, 0.4) is 0 Å². The normalized spacial score (nSPS) is 13.5. The topological polar surface area (TPSA) is 53.0 Å². The summed E-state index contributed by atoms with van der Waals surface area (Å²) in [5.74, 6) is -1.35. The van der Waals surface area contributed by atoms with Gasteiger partial charge in [0, 0.05) is 17.6 Å². The molecule has 0 spiro atoms. The number of aliphatic carboxylic acids is 1. The first kappa shape index (κ1) is 31.5. The van der Waals surface area contributed by atoms with Gasteiger partial charge in [0.05, 0.1) is 0 Å². The molecule has 0 aliphatic rings. The van der Waals surface area contributed by atoms with Crippen LogP contribution in [-0.2, 0) is 4.79 Å². The van der Waals surface area contributed by atoms with Gasteiger partial charge in [-0.1, -0.05) is 61.8 Å². The monoisotopic (exact) mass is 576 g/mol. The molecule has 0 amide bonds. The van der Waals surface area contributed by atoms with E-state index in [1.807, 2.05) is 36.1 Å². The molecule has 0 radical (unpaired) electrons. The lowest BCUT2D eigenvalue weighted by molar-refractivity contribution is -0.274. The second-order valence-corrected chi connectivity index (χ2v) is 10.3. The van der Waals surface area contributed by atoms with Crippen LogP contribution in [0.5, 0.6) is 5.75 Å². The van der Waals surface area contributed by atoms with Crippen molar-refractivity contribution in [2.45, 2.75) is 52.6 Å². The van der Waals surface area contributed by atoms with Gasteiger partial charge in [-0.3, -0.25) is 14.6 Å². The number of halogens is 4. The first-order chi connectivity index (χ1) is 18.9. The van der Waals surface area contributed by atoms with Gasteiger partial charge in [-0.15, -0.1) is 13.2 Å². The summed E-state index contributed by atoms with van der Waals surface area (Å²) in [6.07, 6.45) is -4.12. The fourth-order valence-electron chi connectivity index (χ4n) is 5.32. The van der Waals surface area contributed by atoms with Crippen molar-refractivity contribution in [2.24, 2.45) is 0 Å². The summed E-state index contributed by atoms with van der Waals surface area (Å²) in [5.41, 5.74) is 4.91. The van der Waals surface area contributed by atoms with Crippen LogP contribution < -0.4 is 4.74 Å². The van der Waals surface area contributed by atoms with Crippen LogP contribution in [-0.4, -0.2) is 53.9 Å². The molecule has 3 aromatic carbocycles. The Morgan fingerprint density at radius 3 is 2.20 bits per heavy atom. The molecule has 0 saturated carbocycles. The van der Waals surface area contributed by atoms with Crippen molar-refractivity contribution in [1.82, 2.24) is 9.80 Å². The van der Waals surface area contributed by atoms with E-state index in [2.05, 4.69) is 30.4 Å². The van der Waals surface area contributed by atoms with E-state index >= 15 is 0 Å². The van der Waals surface area contributed by atoms with E-state index in [-0.39, 0.29) is 11.8 Å². The van der Waals surface area contributed by atoms with E-state index in [9.17, 15) is 23.1 Å². The van der Waals surface area contributed by atoms with E-state index in [4.69, 9.17) is 11.6 Å². The molecule has 0 aliphatic carbocycles. The number of carbonyl (C=O) groups is 1. The lowest BCUT2D eigenvalue weighted by Crippen LogP contribution is -2.36. The molecule has 2 atom stereocenters. The lowest BCUT2D eigenvalue weighted by atomic mass is 9.90. The Bertz CT molecular complexity index is 1290. The average molecular weight is 577 g/mol. The van der Waals surface area contributed by atoms with Gasteiger partial charge in [0.1, 0.15) is 11.8 Å². The number of rotatable bonds is 12. The number of likely N-dealkylation sites (N-methyl/N-ethyl adjacent to an activating group) is 1. The summed E-state index contributed by atoms with van der Waals surface area (Å²) >= 11 is 6.35. The maximum absolute atomic E-state index is 12.7. The van der Waals surface area contributed by atoms with Gasteiger partial charge >= 0.3 is 12.3 Å². The number of ether oxygens (including phenoxy) is 1. The van der Waals surface area contributed by atoms with Crippen LogP contribution in [0, 0.1) is 13.8 Å². The lowest BCUT2D eigenvalue weighted by Gasteiger charge is -2.34. The third kappa shape index (κ3) is 7.77. The highest BCUT2D eigenvalue weighted by atomic mass is 35.5. The quantitative estimate of drug-likeness (QED) is 0.236. The SMILES string of the molecule is CCN(CC)[C@@H](CCN(C)[C@H](C(=O)O)c1cccc(C)c1-c1ccc(OC(F)(F)F)cc1)c1cc(Cl)ccc1C. The summed E-state index contributed by atoms with van der Waals surface area (Å²) in [4.78, 5) is 16.8. The smallest absolute Gasteiger partial charge is 0.480 e. The van der Waals surface area contributed by atoms with Crippen LogP contribution in [0.15, 0.2) is 60.7 Å². The summed E-state index contributed by atoms with van der Waals surface area (Å²) in [5, 5.41) is 11.0. The molecule has 3 rings (SSSR count).